The SMILES string of the molecule is [2H]C([2H])(c1ccc(-n2c(-c3cc(C(C)(C)C)cc(-c4ccccc4)c3O)nc3c(-c4cc(-c5cc(-c6ccc(C(C)(c7ccccc7)c7ccccc7)cc6)ccn5)cc(C(C)(C)C)c4)cccc32)c(-c2ccccc2)c1)C1CCCC1. The van der Waals surface area contributed by atoms with E-state index in [9.17, 15) is 7.85 Å². The maximum Gasteiger partial charge on any atom is 0.149 e. The van der Waals surface area contributed by atoms with Crippen molar-refractivity contribution in [2.24, 2.45) is 5.92 Å². The molecule has 11 aromatic rings. The first kappa shape index (κ1) is 49.7. The van der Waals surface area contributed by atoms with E-state index >= 15 is 0 Å². The number of aromatic hydroxyl groups is 1. The standard InChI is InChI=1S/C76H71N3O/c1-74(2,3)62-46-57(45-58(47-62)68-48-56(41-42-77-68)53-36-38-61(39-37-53)76(7,59-29-16-10-17-30-59)60-31-18-11-19-32-60)64-33-22-34-70-71(64)78-73(67-50-63(75(4,5)6)49-66(72(67)80)55-27-14-9-15-28-55)79(70)69-40-35-52(43-51-23-20-21-24-51)44-65(69)54-25-12-8-13-26-54/h8-19,22,25-42,44-51,80H,20-21,23-24,43H2,1-7H3/i43D2. The third-order valence-corrected chi connectivity index (χ3v) is 16.7. The number of nitrogens with zero attached hydrogens (tertiary/aromatic N) is 3. The van der Waals surface area contributed by atoms with Gasteiger partial charge in [-0.25, -0.2) is 4.98 Å². The molecule has 1 aliphatic carbocycles. The van der Waals surface area contributed by atoms with Crippen molar-refractivity contribution < 1.29 is 7.85 Å². The summed E-state index contributed by atoms with van der Waals surface area (Å²) in [5.41, 5.74) is 18.4. The number of fused-ring (bicyclic) bond motifs is 1. The Bertz CT molecular complexity index is 4050. The summed E-state index contributed by atoms with van der Waals surface area (Å²) in [6.07, 6.45) is 4.25. The first-order valence-corrected chi connectivity index (χ1v) is 28.5. The van der Waals surface area contributed by atoms with E-state index in [1.165, 1.54) is 16.7 Å². The summed E-state index contributed by atoms with van der Waals surface area (Å²) < 4.78 is 21.4. The summed E-state index contributed by atoms with van der Waals surface area (Å²) in [5.74, 6) is 0.682. The van der Waals surface area contributed by atoms with Gasteiger partial charge in [0, 0.05) is 36.6 Å². The second-order valence-corrected chi connectivity index (χ2v) is 24.1. The average Bonchev–Trinajstić information content (AvgIpc) is 4.06. The molecule has 0 aliphatic heterocycles. The summed E-state index contributed by atoms with van der Waals surface area (Å²) in [6.45, 7) is 15.7. The van der Waals surface area contributed by atoms with Gasteiger partial charge in [-0.1, -0.05) is 237 Å². The topological polar surface area (TPSA) is 50.9 Å². The lowest BCUT2D eigenvalue weighted by Gasteiger charge is -2.32. The third kappa shape index (κ3) is 10.1. The minimum Gasteiger partial charge on any atom is -0.507 e. The van der Waals surface area contributed by atoms with E-state index in [0.717, 1.165) is 109 Å². The number of rotatable bonds is 12. The molecule has 1 saturated carbocycles. The van der Waals surface area contributed by atoms with Gasteiger partial charge in [0.1, 0.15) is 11.6 Å². The van der Waals surface area contributed by atoms with Gasteiger partial charge in [0.05, 0.1) is 28.0 Å². The van der Waals surface area contributed by atoms with Gasteiger partial charge in [0.25, 0.3) is 0 Å². The quantitative estimate of drug-likeness (QED) is 0.124. The number of phenolic OH excluding ortho intramolecular Hbond substituents is 1. The van der Waals surface area contributed by atoms with Gasteiger partial charge in [-0.2, -0.15) is 0 Å². The van der Waals surface area contributed by atoms with Crippen molar-refractivity contribution in [2.75, 3.05) is 0 Å². The van der Waals surface area contributed by atoms with Crippen molar-refractivity contribution in [3.8, 4) is 78.6 Å². The van der Waals surface area contributed by atoms with Crippen LogP contribution in [0.3, 0.4) is 0 Å². The van der Waals surface area contributed by atoms with Crippen LogP contribution < -0.4 is 0 Å². The molecular weight excluding hydrogens is 971 g/mol. The highest BCUT2D eigenvalue weighted by molar-refractivity contribution is 5.98. The first-order chi connectivity index (χ1) is 39.5. The molecule has 1 aliphatic rings. The van der Waals surface area contributed by atoms with Gasteiger partial charge in [0.2, 0.25) is 0 Å². The van der Waals surface area contributed by atoms with Gasteiger partial charge >= 0.3 is 0 Å². The maximum atomic E-state index is 12.9. The zero-order valence-electron chi connectivity index (χ0n) is 49.1. The molecule has 0 bridgehead atoms. The molecule has 396 valence electrons. The van der Waals surface area contributed by atoms with Crippen molar-refractivity contribution in [1.82, 2.24) is 14.5 Å². The van der Waals surface area contributed by atoms with E-state index < -0.39 is 6.37 Å². The molecule has 1 N–H and O–H groups in total. The number of pyridine rings is 1. The van der Waals surface area contributed by atoms with Crippen LogP contribution in [0.1, 0.15) is 110 Å². The Morgan fingerprint density at radius 3 is 1.65 bits per heavy atom. The summed E-state index contributed by atoms with van der Waals surface area (Å²) in [5, 5.41) is 12.9. The molecule has 80 heavy (non-hydrogen) atoms. The normalized spacial score (nSPS) is 13.8. The van der Waals surface area contributed by atoms with E-state index in [-0.39, 0.29) is 27.9 Å². The largest absolute Gasteiger partial charge is 0.507 e. The Labute approximate surface area is 476 Å². The van der Waals surface area contributed by atoms with Crippen LogP contribution in [0.4, 0.5) is 0 Å². The van der Waals surface area contributed by atoms with Crippen molar-refractivity contribution in [2.45, 2.75) is 96.8 Å². The molecule has 0 amide bonds. The van der Waals surface area contributed by atoms with Crippen LogP contribution >= 0.6 is 0 Å². The second-order valence-electron chi connectivity index (χ2n) is 24.1. The van der Waals surface area contributed by atoms with Crippen molar-refractivity contribution in [3.63, 3.8) is 0 Å². The first-order valence-electron chi connectivity index (χ1n) is 29.5. The Morgan fingerprint density at radius 2 is 1.02 bits per heavy atom. The fraction of sp³-hybridized carbons (Fsp3) is 0.211. The lowest BCUT2D eigenvalue weighted by molar-refractivity contribution is 0.477. The fourth-order valence-electron chi connectivity index (χ4n) is 12.0. The molecular formula is C76H71N3O. The van der Waals surface area contributed by atoms with Crippen molar-refractivity contribution in [1.29, 1.82) is 0 Å². The molecule has 2 heterocycles. The van der Waals surface area contributed by atoms with Crippen LogP contribution in [0.2, 0.25) is 0 Å². The summed E-state index contributed by atoms with van der Waals surface area (Å²) in [6, 6.07) is 78.9. The lowest BCUT2D eigenvalue weighted by atomic mass is 9.71. The predicted octanol–water partition coefficient (Wildman–Crippen LogP) is 19.8. The molecule has 0 saturated heterocycles. The van der Waals surface area contributed by atoms with Crippen LogP contribution in [0, 0.1) is 5.92 Å². The summed E-state index contributed by atoms with van der Waals surface area (Å²) in [7, 11) is 0. The highest BCUT2D eigenvalue weighted by Crippen LogP contribution is 2.47. The van der Waals surface area contributed by atoms with Crippen molar-refractivity contribution in [3.05, 3.63) is 264 Å². The van der Waals surface area contributed by atoms with Crippen LogP contribution in [-0.2, 0) is 22.6 Å². The highest BCUT2D eigenvalue weighted by Gasteiger charge is 2.32. The monoisotopic (exact) mass is 1040 g/mol. The predicted molar refractivity (Wildman–Crippen MR) is 335 cm³/mol. The van der Waals surface area contributed by atoms with Gasteiger partial charge in [-0.15, -0.1) is 0 Å². The van der Waals surface area contributed by atoms with Gasteiger partial charge in [0.15, 0.2) is 0 Å². The molecule has 1 fully saturated rings. The van der Waals surface area contributed by atoms with E-state index in [0.29, 0.717) is 17.0 Å². The molecule has 0 radical (unpaired) electrons. The molecule has 4 nitrogen and oxygen atoms in total. The molecule has 4 heteroatoms. The Hall–Kier alpha value is -8.60. The third-order valence-electron chi connectivity index (χ3n) is 16.7. The summed E-state index contributed by atoms with van der Waals surface area (Å²) >= 11 is 0. The van der Waals surface area contributed by atoms with E-state index in [2.05, 4.69) is 223 Å². The van der Waals surface area contributed by atoms with Crippen molar-refractivity contribution >= 4 is 11.0 Å². The zero-order valence-corrected chi connectivity index (χ0v) is 47.1. The number of hydrogen-bond acceptors (Lipinski definition) is 3. The number of aromatic nitrogens is 3. The second kappa shape index (κ2) is 21.2. The number of hydrogen-bond donors (Lipinski definition) is 1. The molecule has 2 aromatic heterocycles. The lowest BCUT2D eigenvalue weighted by Crippen LogP contribution is -2.25. The van der Waals surface area contributed by atoms with E-state index in [1.807, 2.05) is 60.8 Å². The van der Waals surface area contributed by atoms with Gasteiger partial charge in [-0.3, -0.25) is 9.55 Å². The van der Waals surface area contributed by atoms with E-state index in [1.54, 1.807) is 0 Å². The van der Waals surface area contributed by atoms with Crippen LogP contribution in [0.5, 0.6) is 5.75 Å². The van der Waals surface area contributed by atoms with Crippen LogP contribution in [-0.4, -0.2) is 19.6 Å². The molecule has 0 atom stereocenters. The number of benzene rings is 9. The Balaban J connectivity index is 1.05. The minimum absolute atomic E-state index is 0.0530. The highest BCUT2D eigenvalue weighted by atomic mass is 16.3. The van der Waals surface area contributed by atoms with Crippen LogP contribution in [0.15, 0.2) is 231 Å². The smallest absolute Gasteiger partial charge is 0.149 e. The Morgan fingerprint density at radius 1 is 0.463 bits per heavy atom. The van der Waals surface area contributed by atoms with Gasteiger partial charge < -0.3 is 5.11 Å². The number of imidazole rings is 1. The number of para-hydroxylation sites is 1. The molecule has 9 aromatic carbocycles. The van der Waals surface area contributed by atoms with Gasteiger partial charge in [-0.05, 0) is 146 Å². The van der Waals surface area contributed by atoms with Crippen LogP contribution in [0.25, 0.3) is 83.9 Å². The maximum absolute atomic E-state index is 12.9. The minimum atomic E-state index is -1.52. The number of phenols is 1. The molecule has 0 unspecified atom stereocenters. The Kier molecular flexibility index (Phi) is 13.2. The average molecular weight is 1040 g/mol. The molecule has 0 spiro atoms. The molecule has 12 rings (SSSR count). The zero-order chi connectivity index (χ0) is 57.0. The van der Waals surface area contributed by atoms with E-state index in [4.69, 9.17) is 9.97 Å². The summed E-state index contributed by atoms with van der Waals surface area (Å²) in [4.78, 5) is 10.8. The fourth-order valence-corrected chi connectivity index (χ4v) is 12.0.